The predicted octanol–water partition coefficient (Wildman–Crippen LogP) is 3.03. The number of halogens is 3. The van der Waals surface area contributed by atoms with Gasteiger partial charge in [0.1, 0.15) is 169 Å². The molecule has 0 aromatic carbocycles. The van der Waals surface area contributed by atoms with Gasteiger partial charge in [-0.2, -0.15) is 0 Å². The summed E-state index contributed by atoms with van der Waals surface area (Å²) in [4.78, 5) is 185. The first-order valence-corrected chi connectivity index (χ1v) is 38.5. The Labute approximate surface area is 775 Å². The fourth-order valence-corrected chi connectivity index (χ4v) is 14.6. The topological polar surface area (TPSA) is 625 Å². The van der Waals surface area contributed by atoms with Crippen molar-refractivity contribution in [1.82, 2.24) is 99.3 Å². The Balaban J connectivity index is 0.000000187. The maximum Gasteiger partial charge on any atom is 1.00 e. The van der Waals surface area contributed by atoms with E-state index in [1.165, 1.54) is 72.7 Å². The number of anilines is 14. The number of hydrogen-bond donors (Lipinski definition) is 15. The van der Waals surface area contributed by atoms with Crippen LogP contribution < -0.4 is 161 Å². The van der Waals surface area contributed by atoms with Gasteiger partial charge in [-0.05, 0) is 204 Å². The van der Waals surface area contributed by atoms with Crippen LogP contribution in [0.25, 0.3) is 0 Å². The molecule has 17 rings (SSSR count). The molecule has 125 heavy (non-hydrogen) atoms. The van der Waals surface area contributed by atoms with E-state index in [-0.39, 0.29) is 163 Å². The van der Waals surface area contributed by atoms with E-state index < -0.39 is 28.3 Å². The molecule has 0 bridgehead atoms. The molecule has 0 atom stereocenters. The standard InChI is InChI=1S/C18H20N6O3.3C14H16N6O2.C10H11BrN2O2.C8H10N4O.2ClH.K.H2O/c1-9-6-11(17(27)24-14(9)16(26)23-18(24,2)3)21-12-7-13(20-8-19-12)22-15(25)10-4-5-10;3*1-7-4-8(18-10-5-9(15)16-6-17-10)13(22)20-11(7)12(21)19-14(20,2)3;1-5-4-6(11)9(15)13-7(5)8(14)12-10(13,2)3;9-6-3-7(11-4-10-6)12-8(13)5-1-2-5;;;;/h6-8,10H,4-5H2,1-3H3,(H,23,26)(H2,19,20,21,22,25);3*4-6H,1-3H3,(H,19,21)(H3,15,16,17,18);4H,1-3H3,(H,12,14);3-5H,1-2H2,(H3,9,10,11,12,13);2*1H;;1H2/q;;;;;;;;+1;/p-1. The van der Waals surface area contributed by atoms with Crippen molar-refractivity contribution < 1.29 is 90.4 Å². The van der Waals surface area contributed by atoms with E-state index in [0.29, 0.717) is 136 Å². The van der Waals surface area contributed by atoms with Crippen LogP contribution in [0.4, 0.5) is 80.9 Å². The Morgan fingerprint density at radius 3 is 0.776 bits per heavy atom. The zero-order valence-electron chi connectivity index (χ0n) is 70.7. The number of aromatic nitrogens is 15. The molecule has 654 valence electrons. The van der Waals surface area contributed by atoms with Gasteiger partial charge in [-0.15, -0.1) is 24.8 Å². The molecular formula is C78H92BrCl2KN30O13. The number of nitrogens with one attached hydrogen (secondary N) is 11. The first-order valence-electron chi connectivity index (χ1n) is 37.7. The SMILES string of the molecule is Cc1cc(Br)c(=O)n2c1C(=O)NC2(C)C.Cc1cc(Nc2cc(N)ncn2)c(=O)n2c1C(=O)NC2(C)C.Cc1cc(Nc2cc(N)ncn2)c(=O)n2c1C(=O)NC2(C)C.Cc1cc(Nc2cc(N)ncn2)c(=O)n2c1C(=O)NC2(C)C.Cc1cc(Nc2cc(NC(=O)C3CC3)ncn2)c(=O)n2c1C(=O)NC2(C)C.Cl.Cl.Nc1cc(NC(=O)C2CC2)ncn1.[K+].[OH-]. The minimum absolute atomic E-state index is 0. The zero-order valence-corrected chi connectivity index (χ0v) is 77.0. The summed E-state index contributed by atoms with van der Waals surface area (Å²) in [5, 5.41) is 31.1. The maximum atomic E-state index is 12.9. The van der Waals surface area contributed by atoms with Crippen LogP contribution in [0, 0.1) is 46.5 Å². The number of carbonyl (C=O) groups is 7. The maximum absolute atomic E-state index is 12.9. The summed E-state index contributed by atoms with van der Waals surface area (Å²) in [5.41, 5.74) is 23.8. The quantitative estimate of drug-likeness (QED) is 0.0782. The Morgan fingerprint density at radius 1 is 0.336 bits per heavy atom. The van der Waals surface area contributed by atoms with Crippen molar-refractivity contribution in [3.05, 3.63) is 205 Å². The van der Waals surface area contributed by atoms with Crippen molar-refractivity contribution in [3.8, 4) is 0 Å². The van der Waals surface area contributed by atoms with Crippen molar-refractivity contribution in [3.63, 3.8) is 0 Å². The number of pyridine rings is 5. The van der Waals surface area contributed by atoms with Gasteiger partial charge in [-0.1, -0.05) is 0 Å². The van der Waals surface area contributed by atoms with Gasteiger partial charge in [0.2, 0.25) is 11.8 Å². The van der Waals surface area contributed by atoms with Gasteiger partial charge in [-0.25, -0.2) is 49.8 Å². The second-order valence-corrected chi connectivity index (χ2v) is 32.6. The number of nitrogens with two attached hydrogens (primary N) is 4. The number of nitrogens with zero attached hydrogens (tertiary/aromatic N) is 15. The van der Waals surface area contributed by atoms with Crippen molar-refractivity contribution in [2.75, 3.05) is 54.8 Å². The third kappa shape index (κ3) is 21.3. The molecule has 2 saturated carbocycles. The molecule has 0 unspecified atom stereocenters. The van der Waals surface area contributed by atoms with Crippen LogP contribution in [-0.4, -0.2) is 120 Å². The van der Waals surface area contributed by atoms with Crippen molar-refractivity contribution in [2.24, 2.45) is 11.8 Å². The molecule has 47 heteroatoms. The Bertz CT molecular complexity index is 5990. The summed E-state index contributed by atoms with van der Waals surface area (Å²) >= 11 is 3.20. The number of aryl methyl sites for hydroxylation is 5. The second-order valence-electron chi connectivity index (χ2n) is 31.8. The zero-order chi connectivity index (χ0) is 88.2. The van der Waals surface area contributed by atoms with E-state index in [2.05, 4.69) is 124 Å². The van der Waals surface area contributed by atoms with Crippen molar-refractivity contribution in [2.45, 2.75) is 158 Å². The normalized spacial score (nSPS) is 15.5. The van der Waals surface area contributed by atoms with Gasteiger partial charge in [0, 0.05) is 42.2 Å². The van der Waals surface area contributed by atoms with Crippen LogP contribution in [0.2, 0.25) is 0 Å². The van der Waals surface area contributed by atoms with E-state index in [9.17, 15) is 57.5 Å². The van der Waals surface area contributed by atoms with Crippen molar-refractivity contribution >= 4 is 163 Å². The number of nitrogen functional groups attached to an aromatic ring is 4. The first kappa shape index (κ1) is 97.9. The second kappa shape index (κ2) is 37.9. The van der Waals surface area contributed by atoms with E-state index in [1.54, 1.807) is 139 Å². The first-order chi connectivity index (χ1) is 56.7. The van der Waals surface area contributed by atoms with E-state index in [1.807, 2.05) is 6.92 Å². The molecule has 0 radical (unpaired) electrons. The molecule has 7 aliphatic rings. The molecule has 43 nitrogen and oxygen atoms in total. The number of carbonyl (C=O) groups excluding carboxylic acids is 7. The average molecular weight is 1850 g/mol. The van der Waals surface area contributed by atoms with Crippen molar-refractivity contribution in [1.29, 1.82) is 0 Å². The minimum atomic E-state index is -0.818. The van der Waals surface area contributed by atoms with Crippen LogP contribution in [0.5, 0.6) is 0 Å². The molecule has 2 aliphatic carbocycles. The molecule has 20 N–H and O–H groups in total. The van der Waals surface area contributed by atoms with E-state index in [0.717, 1.165) is 31.2 Å². The fourth-order valence-electron chi connectivity index (χ4n) is 14.0. The largest absolute Gasteiger partial charge is 1.00 e. The summed E-state index contributed by atoms with van der Waals surface area (Å²) in [5.74, 6) is 2.73. The summed E-state index contributed by atoms with van der Waals surface area (Å²) in [6, 6.07) is 15.9. The van der Waals surface area contributed by atoms with Gasteiger partial charge >= 0.3 is 51.4 Å². The van der Waals surface area contributed by atoms with Crippen LogP contribution in [0.3, 0.4) is 0 Å². The molecule has 10 aromatic rings. The van der Waals surface area contributed by atoms with Gasteiger partial charge in [0.25, 0.3) is 57.3 Å². The fraction of sp³-hybridized carbons (Fsp3) is 0.333. The molecule has 2 fully saturated rings. The molecule has 10 aromatic heterocycles. The number of rotatable bonds is 12. The average Bonchev–Trinajstić information content (AvgIpc) is 1.62. The number of hydrogen-bond acceptors (Lipinski definition) is 31. The molecular weight excluding hydrogens is 1750 g/mol. The number of amides is 7. The van der Waals surface area contributed by atoms with Gasteiger partial charge < -0.3 is 86.9 Å². The van der Waals surface area contributed by atoms with Gasteiger partial charge in [-0.3, -0.25) is 80.4 Å². The third-order valence-electron chi connectivity index (χ3n) is 19.8. The summed E-state index contributed by atoms with van der Waals surface area (Å²) in [6.07, 6.45) is 10.3. The smallest absolute Gasteiger partial charge is 0.870 e. The molecule has 0 spiro atoms. The molecule has 0 saturated heterocycles. The van der Waals surface area contributed by atoms with Crippen LogP contribution in [-0.2, 0) is 37.9 Å². The summed E-state index contributed by atoms with van der Waals surface area (Å²) in [7, 11) is 0. The Morgan fingerprint density at radius 2 is 0.536 bits per heavy atom. The van der Waals surface area contributed by atoms with Crippen LogP contribution in [0.1, 0.15) is 175 Å². The molecule has 15 heterocycles. The predicted molar refractivity (Wildman–Crippen MR) is 469 cm³/mol. The van der Waals surface area contributed by atoms with Crippen LogP contribution >= 0.6 is 40.7 Å². The Kier molecular flexibility index (Phi) is 29.7. The minimum Gasteiger partial charge on any atom is -0.870 e. The van der Waals surface area contributed by atoms with Gasteiger partial charge in [0.15, 0.2) is 0 Å². The van der Waals surface area contributed by atoms with E-state index in [4.69, 9.17) is 22.9 Å². The monoisotopic (exact) mass is 1840 g/mol. The van der Waals surface area contributed by atoms with Crippen LogP contribution in [0.15, 0.2) is 121 Å². The molecule has 5 aliphatic heterocycles. The summed E-state index contributed by atoms with van der Waals surface area (Å²) in [6.45, 7) is 26.7. The third-order valence-corrected chi connectivity index (χ3v) is 20.3. The Hall–Kier alpha value is -12.5. The molecule has 7 amide bonds. The van der Waals surface area contributed by atoms with Gasteiger partial charge in [0.05, 0.1) is 4.47 Å². The van der Waals surface area contributed by atoms with E-state index >= 15 is 0 Å². The summed E-state index contributed by atoms with van der Waals surface area (Å²) < 4.78 is 7.79. The number of fused-ring (bicyclic) bond motifs is 5.